The molecule has 0 unspecified atom stereocenters. The molecule has 24 heavy (non-hydrogen) atoms. The Balaban J connectivity index is 1.84. The number of nitrogens with one attached hydrogen (secondary N) is 2. The number of anilines is 3. The van der Waals surface area contributed by atoms with Crippen molar-refractivity contribution in [1.82, 2.24) is 9.97 Å². The number of alkyl halides is 3. The first-order valence-electron chi connectivity index (χ1n) is 7.97. The lowest BCUT2D eigenvalue weighted by atomic mass is 10.1. The van der Waals surface area contributed by atoms with Crippen molar-refractivity contribution < 1.29 is 13.2 Å². The highest BCUT2D eigenvalue weighted by atomic mass is 19.4. The molecule has 3 rings (SSSR count). The van der Waals surface area contributed by atoms with Gasteiger partial charge in [0.1, 0.15) is 5.82 Å². The molecule has 1 aromatic carbocycles. The van der Waals surface area contributed by atoms with Gasteiger partial charge in [-0.15, -0.1) is 0 Å². The van der Waals surface area contributed by atoms with E-state index in [4.69, 9.17) is 0 Å². The van der Waals surface area contributed by atoms with Crippen molar-refractivity contribution in [3.63, 3.8) is 0 Å². The second-order valence-corrected chi connectivity index (χ2v) is 6.01. The molecular weight excluding hydrogens is 317 g/mol. The molecule has 1 fully saturated rings. The highest BCUT2D eigenvalue weighted by Gasteiger charge is 2.33. The highest BCUT2D eigenvalue weighted by Crippen LogP contribution is 2.35. The Morgan fingerprint density at radius 3 is 2.50 bits per heavy atom. The smallest absolute Gasteiger partial charge is 0.367 e. The predicted octanol–water partition coefficient (Wildman–Crippen LogP) is 4.90. The predicted molar refractivity (Wildman–Crippen MR) is 87.4 cm³/mol. The number of aromatic nitrogens is 2. The molecule has 1 heterocycles. The normalized spacial score (nSPS) is 15.5. The maximum atomic E-state index is 13.1. The third-order valence-electron chi connectivity index (χ3n) is 4.04. The van der Waals surface area contributed by atoms with Crippen LogP contribution in [-0.2, 0) is 6.18 Å². The molecule has 128 valence electrons. The molecule has 1 saturated carbocycles. The van der Waals surface area contributed by atoms with Gasteiger partial charge in [-0.05, 0) is 31.9 Å². The molecule has 2 aromatic rings. The molecule has 0 spiro atoms. The van der Waals surface area contributed by atoms with E-state index >= 15 is 0 Å². The zero-order valence-electron chi connectivity index (χ0n) is 13.3. The van der Waals surface area contributed by atoms with Crippen molar-refractivity contribution in [2.75, 3.05) is 10.6 Å². The topological polar surface area (TPSA) is 49.8 Å². The minimum atomic E-state index is -4.43. The van der Waals surface area contributed by atoms with Gasteiger partial charge in [0.05, 0.1) is 11.3 Å². The summed E-state index contributed by atoms with van der Waals surface area (Å²) < 4.78 is 39.3. The number of rotatable bonds is 4. The summed E-state index contributed by atoms with van der Waals surface area (Å²) in [6, 6.07) is 7.49. The summed E-state index contributed by atoms with van der Waals surface area (Å²) in [5, 5.41) is 6.04. The maximum Gasteiger partial charge on any atom is 0.418 e. The van der Waals surface area contributed by atoms with E-state index in [0.717, 1.165) is 18.9 Å². The van der Waals surface area contributed by atoms with Crippen molar-refractivity contribution in [1.29, 1.82) is 0 Å². The van der Waals surface area contributed by atoms with Crippen molar-refractivity contribution in [2.45, 2.75) is 44.8 Å². The van der Waals surface area contributed by atoms with E-state index in [2.05, 4.69) is 20.6 Å². The Morgan fingerprint density at radius 2 is 1.79 bits per heavy atom. The van der Waals surface area contributed by atoms with Crippen molar-refractivity contribution in [2.24, 2.45) is 0 Å². The SMILES string of the molecule is Cc1cc(NC2CCCC2)nc(Nc2ccccc2C(F)(F)F)n1. The summed E-state index contributed by atoms with van der Waals surface area (Å²) >= 11 is 0. The number of para-hydroxylation sites is 1. The zero-order valence-corrected chi connectivity index (χ0v) is 13.3. The van der Waals surface area contributed by atoms with Crippen molar-refractivity contribution in [3.05, 3.63) is 41.6 Å². The zero-order chi connectivity index (χ0) is 17.2. The second-order valence-electron chi connectivity index (χ2n) is 6.01. The van der Waals surface area contributed by atoms with E-state index in [1.54, 1.807) is 19.1 Å². The number of hydrogen-bond donors (Lipinski definition) is 2. The Kier molecular flexibility index (Phi) is 4.59. The molecule has 4 nitrogen and oxygen atoms in total. The molecule has 0 atom stereocenters. The average Bonchev–Trinajstić information content (AvgIpc) is 2.99. The van der Waals surface area contributed by atoms with E-state index in [1.165, 1.54) is 25.0 Å². The maximum absolute atomic E-state index is 13.1. The van der Waals surface area contributed by atoms with Crippen LogP contribution < -0.4 is 10.6 Å². The molecule has 7 heteroatoms. The van der Waals surface area contributed by atoms with Crippen LogP contribution in [0.25, 0.3) is 0 Å². The molecule has 1 aliphatic carbocycles. The fourth-order valence-electron chi connectivity index (χ4n) is 2.94. The fraction of sp³-hybridized carbons (Fsp3) is 0.412. The first-order chi connectivity index (χ1) is 11.4. The van der Waals surface area contributed by atoms with E-state index in [1.807, 2.05) is 0 Å². The molecular formula is C17H19F3N4. The van der Waals surface area contributed by atoms with Crippen LogP contribution in [0.5, 0.6) is 0 Å². The monoisotopic (exact) mass is 336 g/mol. The number of halogens is 3. The summed E-state index contributed by atoms with van der Waals surface area (Å²) in [5.74, 6) is 0.800. The number of hydrogen-bond acceptors (Lipinski definition) is 4. The van der Waals surface area contributed by atoms with Crippen molar-refractivity contribution >= 4 is 17.5 Å². The van der Waals surface area contributed by atoms with Crippen LogP contribution in [0.4, 0.5) is 30.6 Å². The van der Waals surface area contributed by atoms with Crippen LogP contribution in [0.1, 0.15) is 36.9 Å². The minimum absolute atomic E-state index is 0.0533. The van der Waals surface area contributed by atoms with Crippen LogP contribution in [0.3, 0.4) is 0 Å². The molecule has 1 aromatic heterocycles. The first kappa shape index (κ1) is 16.5. The number of nitrogens with zero attached hydrogens (tertiary/aromatic N) is 2. The van der Waals surface area contributed by atoms with E-state index < -0.39 is 11.7 Å². The average molecular weight is 336 g/mol. The van der Waals surface area contributed by atoms with E-state index in [0.29, 0.717) is 17.6 Å². The van der Waals surface area contributed by atoms with Gasteiger partial charge in [0.2, 0.25) is 5.95 Å². The van der Waals surface area contributed by atoms with Gasteiger partial charge < -0.3 is 10.6 Å². The quantitative estimate of drug-likeness (QED) is 0.833. The Bertz CT molecular complexity index is 709. The van der Waals surface area contributed by atoms with Crippen molar-refractivity contribution in [3.8, 4) is 0 Å². The third kappa shape index (κ3) is 3.96. The van der Waals surface area contributed by atoms with Crippen LogP contribution >= 0.6 is 0 Å². The minimum Gasteiger partial charge on any atom is -0.367 e. The lowest BCUT2D eigenvalue weighted by Crippen LogP contribution is -2.16. The van der Waals surface area contributed by atoms with Gasteiger partial charge in [0, 0.05) is 17.8 Å². The van der Waals surface area contributed by atoms with Crippen LogP contribution in [0.15, 0.2) is 30.3 Å². The van der Waals surface area contributed by atoms with Crippen LogP contribution in [0, 0.1) is 6.92 Å². The van der Waals surface area contributed by atoms with Gasteiger partial charge in [0.25, 0.3) is 0 Å². The summed E-state index contributed by atoms with van der Waals surface area (Å²) in [5.41, 5.74) is -0.0969. The van der Waals surface area contributed by atoms with Crippen LogP contribution in [-0.4, -0.2) is 16.0 Å². The summed E-state index contributed by atoms with van der Waals surface area (Å²) in [4.78, 5) is 8.51. The van der Waals surface area contributed by atoms with Gasteiger partial charge in [-0.3, -0.25) is 0 Å². The third-order valence-corrected chi connectivity index (χ3v) is 4.04. The van der Waals surface area contributed by atoms with Gasteiger partial charge in [-0.2, -0.15) is 18.2 Å². The Hall–Kier alpha value is -2.31. The summed E-state index contributed by atoms with van der Waals surface area (Å²) in [6.07, 6.45) is 0.112. The molecule has 1 aliphatic rings. The van der Waals surface area contributed by atoms with E-state index in [9.17, 15) is 13.2 Å². The molecule has 0 aliphatic heterocycles. The molecule has 0 amide bonds. The molecule has 0 bridgehead atoms. The molecule has 0 saturated heterocycles. The van der Waals surface area contributed by atoms with Gasteiger partial charge in [-0.1, -0.05) is 25.0 Å². The standard InChI is InChI=1S/C17H19F3N4/c1-11-10-15(22-12-6-2-3-7-12)24-16(21-11)23-14-9-5-4-8-13(14)17(18,19)20/h4-5,8-10,12H,2-3,6-7H2,1H3,(H2,21,22,23,24). The first-order valence-corrected chi connectivity index (χ1v) is 7.97. The Morgan fingerprint density at radius 1 is 1.08 bits per heavy atom. The lowest BCUT2D eigenvalue weighted by molar-refractivity contribution is -0.136. The number of benzene rings is 1. The highest BCUT2D eigenvalue weighted by molar-refractivity contribution is 5.60. The second kappa shape index (κ2) is 6.67. The summed E-state index contributed by atoms with van der Waals surface area (Å²) in [7, 11) is 0. The van der Waals surface area contributed by atoms with Gasteiger partial charge in [0.15, 0.2) is 0 Å². The molecule has 0 radical (unpaired) electrons. The summed E-state index contributed by atoms with van der Waals surface area (Å²) in [6.45, 7) is 1.79. The fourth-order valence-corrected chi connectivity index (χ4v) is 2.94. The van der Waals surface area contributed by atoms with Gasteiger partial charge in [-0.25, -0.2) is 4.98 Å². The van der Waals surface area contributed by atoms with E-state index in [-0.39, 0.29) is 11.6 Å². The number of aryl methyl sites for hydroxylation is 1. The molecule has 2 N–H and O–H groups in total. The lowest BCUT2D eigenvalue weighted by Gasteiger charge is -2.16. The van der Waals surface area contributed by atoms with Gasteiger partial charge >= 0.3 is 6.18 Å². The Labute approximate surface area is 138 Å². The van der Waals surface area contributed by atoms with Crippen LogP contribution in [0.2, 0.25) is 0 Å². The largest absolute Gasteiger partial charge is 0.418 e.